The molecule has 2 nitrogen and oxygen atoms in total. The molecule has 0 radical (unpaired) electrons. The molecule has 0 amide bonds. The molecule has 1 rings (SSSR count). The fraction of sp³-hybridized carbons (Fsp3) is 0.867. The van der Waals surface area contributed by atoms with Gasteiger partial charge in [-0.15, -0.1) is 0 Å². The van der Waals surface area contributed by atoms with Crippen LogP contribution in [0, 0.1) is 23.2 Å². The van der Waals surface area contributed by atoms with Crippen LogP contribution in [-0.2, 0) is 9.59 Å². The molecule has 17 heavy (non-hydrogen) atoms. The van der Waals surface area contributed by atoms with E-state index in [1.54, 1.807) is 13.8 Å². The van der Waals surface area contributed by atoms with E-state index in [2.05, 4.69) is 20.8 Å². The van der Waals surface area contributed by atoms with Crippen LogP contribution in [0.25, 0.3) is 0 Å². The second-order valence-electron chi connectivity index (χ2n) is 6.65. The van der Waals surface area contributed by atoms with Gasteiger partial charge in [-0.2, -0.15) is 0 Å². The predicted molar refractivity (Wildman–Crippen MR) is 69.8 cm³/mol. The van der Waals surface area contributed by atoms with Gasteiger partial charge in [-0.05, 0) is 50.9 Å². The summed E-state index contributed by atoms with van der Waals surface area (Å²) in [5.74, 6) is 1.32. The second-order valence-corrected chi connectivity index (χ2v) is 6.65. The molecular formula is C15H26O2. The van der Waals surface area contributed by atoms with Crippen molar-refractivity contribution < 1.29 is 9.59 Å². The van der Waals surface area contributed by atoms with Crippen molar-refractivity contribution in [1.29, 1.82) is 0 Å². The van der Waals surface area contributed by atoms with Gasteiger partial charge in [-0.3, -0.25) is 9.59 Å². The van der Waals surface area contributed by atoms with Crippen LogP contribution >= 0.6 is 0 Å². The Morgan fingerprint density at radius 2 is 1.59 bits per heavy atom. The lowest BCUT2D eigenvalue weighted by Gasteiger charge is -2.37. The average Bonchev–Trinajstić information content (AvgIpc) is 2.11. The van der Waals surface area contributed by atoms with Gasteiger partial charge in [0.1, 0.15) is 11.6 Å². The van der Waals surface area contributed by atoms with Crippen LogP contribution < -0.4 is 0 Å². The lowest BCUT2D eigenvalue weighted by molar-refractivity contribution is -0.126. The Morgan fingerprint density at radius 3 is 2.06 bits per heavy atom. The minimum atomic E-state index is 0.149. The summed E-state index contributed by atoms with van der Waals surface area (Å²) >= 11 is 0. The highest BCUT2D eigenvalue weighted by Crippen LogP contribution is 2.41. The minimum Gasteiger partial charge on any atom is -0.300 e. The third kappa shape index (κ3) is 3.93. The van der Waals surface area contributed by atoms with Crippen LogP contribution in [-0.4, -0.2) is 11.6 Å². The Balaban J connectivity index is 2.86. The molecule has 0 aromatic rings. The first-order chi connectivity index (χ1) is 7.73. The molecule has 0 saturated heterocycles. The van der Waals surface area contributed by atoms with E-state index in [9.17, 15) is 9.59 Å². The molecule has 1 aliphatic rings. The Labute approximate surface area is 105 Å². The normalized spacial score (nSPS) is 33.6. The van der Waals surface area contributed by atoms with Gasteiger partial charge in [0, 0.05) is 11.8 Å². The van der Waals surface area contributed by atoms with Crippen LogP contribution in [0.3, 0.4) is 0 Å². The van der Waals surface area contributed by atoms with Gasteiger partial charge in [0.05, 0.1) is 0 Å². The van der Waals surface area contributed by atoms with Gasteiger partial charge in [0.15, 0.2) is 0 Å². The van der Waals surface area contributed by atoms with Crippen LogP contribution in [0.4, 0.5) is 0 Å². The Bertz CT molecular complexity index is 304. The molecule has 0 N–H and O–H groups in total. The van der Waals surface area contributed by atoms with Crippen molar-refractivity contribution in [2.75, 3.05) is 0 Å². The zero-order valence-corrected chi connectivity index (χ0v) is 11.9. The van der Waals surface area contributed by atoms with Crippen LogP contribution in [0.1, 0.15) is 60.3 Å². The second kappa shape index (κ2) is 5.32. The fourth-order valence-corrected chi connectivity index (χ4v) is 3.48. The number of rotatable bonds is 2. The van der Waals surface area contributed by atoms with Gasteiger partial charge in [0.2, 0.25) is 0 Å². The molecule has 1 aliphatic carbocycles. The first kappa shape index (κ1) is 14.4. The van der Waals surface area contributed by atoms with Crippen LogP contribution in [0.2, 0.25) is 0 Å². The lowest BCUT2D eigenvalue weighted by Crippen LogP contribution is -2.32. The molecule has 1 fully saturated rings. The van der Waals surface area contributed by atoms with Gasteiger partial charge < -0.3 is 0 Å². The van der Waals surface area contributed by atoms with Crippen LogP contribution in [0.15, 0.2) is 0 Å². The Kier molecular flexibility index (Phi) is 4.51. The first-order valence-electron chi connectivity index (χ1n) is 6.74. The molecule has 0 aromatic carbocycles. The van der Waals surface area contributed by atoms with E-state index in [-0.39, 0.29) is 28.8 Å². The summed E-state index contributed by atoms with van der Waals surface area (Å²) in [6, 6.07) is 0. The summed E-state index contributed by atoms with van der Waals surface area (Å²) in [4.78, 5) is 23.3. The Hall–Kier alpha value is -0.660. The lowest BCUT2D eigenvalue weighted by atomic mass is 9.67. The minimum absolute atomic E-state index is 0.149. The monoisotopic (exact) mass is 238 g/mol. The van der Waals surface area contributed by atoms with E-state index >= 15 is 0 Å². The molecular weight excluding hydrogens is 212 g/mol. The van der Waals surface area contributed by atoms with Crippen LogP contribution in [0.5, 0.6) is 0 Å². The van der Waals surface area contributed by atoms with Crippen molar-refractivity contribution in [3.63, 3.8) is 0 Å². The Morgan fingerprint density at radius 1 is 1.00 bits per heavy atom. The number of hydrogen-bond acceptors (Lipinski definition) is 2. The molecule has 0 bridgehead atoms. The zero-order valence-electron chi connectivity index (χ0n) is 11.9. The third-order valence-corrected chi connectivity index (χ3v) is 4.28. The van der Waals surface area contributed by atoms with Gasteiger partial charge >= 0.3 is 0 Å². The molecule has 3 atom stereocenters. The summed E-state index contributed by atoms with van der Waals surface area (Å²) in [6.45, 7) is 10.0. The highest BCUT2D eigenvalue weighted by molar-refractivity contribution is 5.80. The average molecular weight is 238 g/mol. The molecule has 0 aliphatic heterocycles. The standard InChI is InChI=1S/C15H26O2/c1-10-8-15(4,5)9-13(11(2)16)6-7-14(10)12(3)17/h10,13-14H,6-9H2,1-5H3. The van der Waals surface area contributed by atoms with Gasteiger partial charge in [-0.25, -0.2) is 0 Å². The van der Waals surface area contributed by atoms with E-state index in [1.165, 1.54) is 0 Å². The maximum absolute atomic E-state index is 11.7. The van der Waals surface area contributed by atoms with E-state index in [0.717, 1.165) is 25.7 Å². The highest BCUT2D eigenvalue weighted by atomic mass is 16.1. The summed E-state index contributed by atoms with van der Waals surface area (Å²) in [5, 5.41) is 0. The fourth-order valence-electron chi connectivity index (χ4n) is 3.48. The van der Waals surface area contributed by atoms with E-state index in [4.69, 9.17) is 0 Å². The highest BCUT2D eigenvalue weighted by Gasteiger charge is 2.34. The maximum atomic E-state index is 11.7. The van der Waals surface area contributed by atoms with Crippen molar-refractivity contribution in [3.05, 3.63) is 0 Å². The first-order valence-corrected chi connectivity index (χ1v) is 6.74. The molecule has 2 heteroatoms. The van der Waals surface area contributed by atoms with E-state index in [0.29, 0.717) is 5.92 Å². The molecule has 3 unspecified atom stereocenters. The van der Waals surface area contributed by atoms with E-state index < -0.39 is 0 Å². The number of hydrogen-bond donors (Lipinski definition) is 0. The topological polar surface area (TPSA) is 34.1 Å². The number of carbonyl (C=O) groups is 2. The van der Waals surface area contributed by atoms with Crippen molar-refractivity contribution in [1.82, 2.24) is 0 Å². The molecule has 0 spiro atoms. The largest absolute Gasteiger partial charge is 0.300 e. The summed E-state index contributed by atoms with van der Waals surface area (Å²) in [7, 11) is 0. The van der Waals surface area contributed by atoms with Crippen molar-refractivity contribution in [2.45, 2.75) is 60.3 Å². The smallest absolute Gasteiger partial charge is 0.133 e. The summed E-state index contributed by atoms with van der Waals surface area (Å²) in [6.07, 6.45) is 3.78. The quantitative estimate of drug-likeness (QED) is 0.736. The maximum Gasteiger partial charge on any atom is 0.133 e. The van der Waals surface area contributed by atoms with Gasteiger partial charge in [-0.1, -0.05) is 20.8 Å². The van der Waals surface area contributed by atoms with E-state index in [1.807, 2.05) is 0 Å². The number of Topliss-reactive ketones (excluding diaryl/α,β-unsaturated/α-hetero) is 2. The number of carbonyl (C=O) groups excluding carboxylic acids is 2. The molecule has 98 valence electrons. The summed E-state index contributed by atoms with van der Waals surface area (Å²) < 4.78 is 0. The molecule has 1 saturated carbocycles. The molecule has 0 heterocycles. The summed E-state index contributed by atoms with van der Waals surface area (Å²) in [5.41, 5.74) is 0.171. The predicted octanol–water partition coefficient (Wildman–Crippen LogP) is 3.63. The van der Waals surface area contributed by atoms with Crippen molar-refractivity contribution in [2.24, 2.45) is 23.2 Å². The number of ketones is 2. The van der Waals surface area contributed by atoms with Crippen molar-refractivity contribution in [3.8, 4) is 0 Å². The van der Waals surface area contributed by atoms with Gasteiger partial charge in [0.25, 0.3) is 0 Å². The van der Waals surface area contributed by atoms with Crippen molar-refractivity contribution >= 4 is 11.6 Å². The third-order valence-electron chi connectivity index (χ3n) is 4.28. The molecule has 0 aromatic heterocycles. The SMILES string of the molecule is CC(=O)C1CCC(C(C)=O)C(C)CC(C)(C)C1. The zero-order chi connectivity index (χ0) is 13.2.